The summed E-state index contributed by atoms with van der Waals surface area (Å²) < 4.78 is 0. The van der Waals surface area contributed by atoms with E-state index in [-0.39, 0.29) is 5.69 Å². The number of carboxylic acid groups (broad SMARTS) is 1. The fraction of sp³-hybridized carbons (Fsp3) is 0.250. The molecular weight excluding hydrogens is 250 g/mol. The second-order valence-corrected chi connectivity index (χ2v) is 4.81. The Bertz CT molecular complexity index is 540. The van der Waals surface area contributed by atoms with Crippen molar-refractivity contribution in [3.05, 3.63) is 39.8 Å². The highest BCUT2D eigenvalue weighted by Gasteiger charge is 2.08. The van der Waals surface area contributed by atoms with E-state index >= 15 is 0 Å². The molecule has 2 aromatic heterocycles. The number of nitrogens with one attached hydrogen (secondary N) is 1. The van der Waals surface area contributed by atoms with Crippen molar-refractivity contribution < 1.29 is 9.90 Å². The van der Waals surface area contributed by atoms with Crippen molar-refractivity contribution in [1.82, 2.24) is 9.97 Å². The van der Waals surface area contributed by atoms with Gasteiger partial charge >= 0.3 is 5.97 Å². The van der Waals surface area contributed by atoms with Gasteiger partial charge in [-0.15, -0.1) is 11.3 Å². The molecule has 0 amide bonds. The van der Waals surface area contributed by atoms with Gasteiger partial charge in [0.2, 0.25) is 5.95 Å². The standard InChI is InChI=1S/C12H13N3O2S/c1-8-7-10(11(16)17)15-12(14-8)13-5-4-9-3-2-6-18-9/h2-3,6-7H,4-5H2,1H3,(H,16,17)(H,13,14,15). The smallest absolute Gasteiger partial charge is 0.354 e. The number of anilines is 1. The molecular formula is C12H13N3O2S. The van der Waals surface area contributed by atoms with Crippen molar-refractivity contribution in [2.75, 3.05) is 11.9 Å². The van der Waals surface area contributed by atoms with Gasteiger partial charge in [0, 0.05) is 17.1 Å². The normalized spacial score (nSPS) is 10.3. The quantitative estimate of drug-likeness (QED) is 0.865. The van der Waals surface area contributed by atoms with Gasteiger partial charge in [-0.1, -0.05) is 6.07 Å². The average molecular weight is 263 g/mol. The fourth-order valence-electron chi connectivity index (χ4n) is 1.51. The van der Waals surface area contributed by atoms with Crippen LogP contribution in [0.1, 0.15) is 21.1 Å². The first kappa shape index (κ1) is 12.5. The van der Waals surface area contributed by atoms with Crippen LogP contribution in [0.25, 0.3) is 0 Å². The maximum Gasteiger partial charge on any atom is 0.354 e. The van der Waals surface area contributed by atoms with Crippen LogP contribution in [0.15, 0.2) is 23.6 Å². The second-order valence-electron chi connectivity index (χ2n) is 3.78. The molecule has 0 radical (unpaired) electrons. The highest BCUT2D eigenvalue weighted by Crippen LogP contribution is 2.10. The summed E-state index contributed by atoms with van der Waals surface area (Å²) in [6, 6.07) is 5.52. The molecule has 0 aliphatic carbocycles. The molecule has 0 atom stereocenters. The summed E-state index contributed by atoms with van der Waals surface area (Å²) in [5.41, 5.74) is 0.655. The molecule has 6 heteroatoms. The number of rotatable bonds is 5. The van der Waals surface area contributed by atoms with Crippen molar-refractivity contribution in [2.24, 2.45) is 0 Å². The SMILES string of the molecule is Cc1cc(C(=O)O)nc(NCCc2cccs2)n1. The van der Waals surface area contributed by atoms with Crippen LogP contribution in [0, 0.1) is 6.92 Å². The van der Waals surface area contributed by atoms with Gasteiger partial charge in [-0.05, 0) is 30.9 Å². The average Bonchev–Trinajstić information content (AvgIpc) is 2.81. The molecule has 2 heterocycles. The minimum atomic E-state index is -1.04. The predicted molar refractivity (Wildman–Crippen MR) is 70.2 cm³/mol. The van der Waals surface area contributed by atoms with Crippen LogP contribution < -0.4 is 5.32 Å². The Kier molecular flexibility index (Phi) is 3.88. The van der Waals surface area contributed by atoms with Gasteiger partial charge in [-0.2, -0.15) is 0 Å². The molecule has 0 aliphatic rings. The van der Waals surface area contributed by atoms with Crippen molar-refractivity contribution >= 4 is 23.3 Å². The molecule has 94 valence electrons. The number of carbonyl (C=O) groups is 1. The zero-order chi connectivity index (χ0) is 13.0. The fourth-order valence-corrected chi connectivity index (χ4v) is 2.22. The van der Waals surface area contributed by atoms with Gasteiger partial charge in [-0.3, -0.25) is 0 Å². The van der Waals surface area contributed by atoms with E-state index in [9.17, 15) is 4.79 Å². The van der Waals surface area contributed by atoms with Crippen molar-refractivity contribution in [3.63, 3.8) is 0 Å². The largest absolute Gasteiger partial charge is 0.477 e. The Labute approximate surface area is 109 Å². The Morgan fingerprint density at radius 2 is 2.33 bits per heavy atom. The lowest BCUT2D eigenvalue weighted by molar-refractivity contribution is 0.0690. The Balaban J connectivity index is 1.98. The van der Waals surface area contributed by atoms with Crippen molar-refractivity contribution in [1.29, 1.82) is 0 Å². The molecule has 2 aromatic rings. The summed E-state index contributed by atoms with van der Waals surface area (Å²) in [5, 5.41) is 14.0. The third-order valence-electron chi connectivity index (χ3n) is 2.31. The van der Waals surface area contributed by atoms with Gasteiger partial charge in [0.05, 0.1) is 0 Å². The van der Waals surface area contributed by atoms with Crippen LogP contribution in [0.2, 0.25) is 0 Å². The number of aryl methyl sites for hydroxylation is 1. The molecule has 2 N–H and O–H groups in total. The van der Waals surface area contributed by atoms with Crippen LogP contribution in [-0.2, 0) is 6.42 Å². The van der Waals surface area contributed by atoms with E-state index in [1.165, 1.54) is 10.9 Å². The summed E-state index contributed by atoms with van der Waals surface area (Å²) in [6.07, 6.45) is 0.872. The monoisotopic (exact) mass is 263 g/mol. The van der Waals surface area contributed by atoms with Crippen LogP contribution in [0.4, 0.5) is 5.95 Å². The molecule has 0 aliphatic heterocycles. The third kappa shape index (κ3) is 3.27. The number of aromatic carboxylic acids is 1. The summed E-state index contributed by atoms with van der Waals surface area (Å²) in [6.45, 7) is 2.43. The molecule has 2 rings (SSSR count). The summed E-state index contributed by atoms with van der Waals surface area (Å²) in [7, 11) is 0. The minimum absolute atomic E-state index is 0.0149. The first-order valence-corrected chi connectivity index (χ1v) is 6.38. The van der Waals surface area contributed by atoms with Crippen LogP contribution in [0.5, 0.6) is 0 Å². The molecule has 18 heavy (non-hydrogen) atoms. The van der Waals surface area contributed by atoms with Gasteiger partial charge in [-0.25, -0.2) is 14.8 Å². The van der Waals surface area contributed by atoms with E-state index in [0.29, 0.717) is 18.2 Å². The number of hydrogen-bond donors (Lipinski definition) is 2. The van der Waals surface area contributed by atoms with Gasteiger partial charge < -0.3 is 10.4 Å². The van der Waals surface area contributed by atoms with E-state index < -0.39 is 5.97 Å². The van der Waals surface area contributed by atoms with E-state index in [2.05, 4.69) is 21.4 Å². The highest BCUT2D eigenvalue weighted by molar-refractivity contribution is 7.09. The Morgan fingerprint density at radius 1 is 1.50 bits per heavy atom. The second kappa shape index (κ2) is 5.59. The van der Waals surface area contributed by atoms with Gasteiger partial charge in [0.25, 0.3) is 0 Å². The van der Waals surface area contributed by atoms with Crippen LogP contribution in [0.3, 0.4) is 0 Å². The molecule has 0 fully saturated rings. The van der Waals surface area contributed by atoms with E-state index in [1.807, 2.05) is 11.4 Å². The first-order valence-electron chi connectivity index (χ1n) is 5.50. The number of nitrogens with zero attached hydrogens (tertiary/aromatic N) is 2. The van der Waals surface area contributed by atoms with Crippen molar-refractivity contribution in [2.45, 2.75) is 13.3 Å². The minimum Gasteiger partial charge on any atom is -0.477 e. The first-order chi connectivity index (χ1) is 8.65. The highest BCUT2D eigenvalue weighted by atomic mass is 32.1. The molecule has 0 bridgehead atoms. The number of thiophene rings is 1. The Morgan fingerprint density at radius 3 is 3.00 bits per heavy atom. The van der Waals surface area contributed by atoms with E-state index in [1.54, 1.807) is 18.3 Å². The zero-order valence-corrected chi connectivity index (χ0v) is 10.7. The zero-order valence-electron chi connectivity index (χ0n) is 9.88. The van der Waals surface area contributed by atoms with Gasteiger partial charge in [0.15, 0.2) is 5.69 Å². The molecule has 5 nitrogen and oxygen atoms in total. The lowest BCUT2D eigenvalue weighted by Gasteiger charge is -2.05. The summed E-state index contributed by atoms with van der Waals surface area (Å²) in [4.78, 5) is 20.2. The number of aromatic nitrogens is 2. The molecule has 0 aromatic carbocycles. The number of carboxylic acids is 1. The summed E-state index contributed by atoms with van der Waals surface area (Å²) >= 11 is 1.69. The molecule has 0 saturated carbocycles. The third-order valence-corrected chi connectivity index (χ3v) is 3.24. The maximum atomic E-state index is 10.8. The number of hydrogen-bond acceptors (Lipinski definition) is 5. The van der Waals surface area contributed by atoms with Gasteiger partial charge in [0.1, 0.15) is 0 Å². The molecule has 0 unspecified atom stereocenters. The lowest BCUT2D eigenvalue weighted by atomic mass is 10.3. The van der Waals surface area contributed by atoms with E-state index in [4.69, 9.17) is 5.11 Å². The molecule has 0 spiro atoms. The lowest BCUT2D eigenvalue weighted by Crippen LogP contribution is -2.11. The van der Waals surface area contributed by atoms with Crippen molar-refractivity contribution in [3.8, 4) is 0 Å². The molecule has 0 saturated heterocycles. The Hall–Kier alpha value is -1.95. The summed E-state index contributed by atoms with van der Waals surface area (Å²) in [5.74, 6) is -0.675. The maximum absolute atomic E-state index is 10.8. The van der Waals surface area contributed by atoms with E-state index in [0.717, 1.165) is 6.42 Å². The van der Waals surface area contributed by atoms with Crippen LogP contribution in [-0.4, -0.2) is 27.6 Å². The predicted octanol–water partition coefficient (Wildman–Crippen LogP) is 2.20. The van der Waals surface area contributed by atoms with Crippen LogP contribution >= 0.6 is 11.3 Å². The topological polar surface area (TPSA) is 75.1 Å².